The standard InChI is InChI=1S/C10H13ClO4/c1-14-8-5-7(11)6(3-4-12)9(13)10(8)15-2/h5,12-13H,3-4H2,1-2H3. The topological polar surface area (TPSA) is 58.9 Å². The van der Waals surface area contributed by atoms with Crippen molar-refractivity contribution in [3.8, 4) is 17.2 Å². The molecule has 0 aliphatic rings. The number of rotatable bonds is 4. The zero-order valence-electron chi connectivity index (χ0n) is 8.58. The Balaban J connectivity index is 3.31. The van der Waals surface area contributed by atoms with Crippen LogP contribution in [0.25, 0.3) is 0 Å². The molecule has 0 saturated heterocycles. The Labute approximate surface area is 93.0 Å². The highest BCUT2D eigenvalue weighted by atomic mass is 35.5. The lowest BCUT2D eigenvalue weighted by atomic mass is 10.1. The van der Waals surface area contributed by atoms with E-state index in [2.05, 4.69) is 0 Å². The molecule has 0 unspecified atom stereocenters. The van der Waals surface area contributed by atoms with Crippen molar-refractivity contribution in [2.45, 2.75) is 6.42 Å². The molecule has 4 nitrogen and oxygen atoms in total. The molecule has 0 heterocycles. The van der Waals surface area contributed by atoms with E-state index in [1.807, 2.05) is 0 Å². The summed E-state index contributed by atoms with van der Waals surface area (Å²) in [5.41, 5.74) is 0.455. The van der Waals surface area contributed by atoms with Gasteiger partial charge in [0.15, 0.2) is 11.5 Å². The summed E-state index contributed by atoms with van der Waals surface area (Å²) in [6.07, 6.45) is 0.269. The van der Waals surface area contributed by atoms with Gasteiger partial charge in [-0.25, -0.2) is 0 Å². The molecular formula is C10H13ClO4. The largest absolute Gasteiger partial charge is 0.504 e. The highest BCUT2D eigenvalue weighted by molar-refractivity contribution is 6.31. The average Bonchev–Trinajstić information content (AvgIpc) is 2.23. The van der Waals surface area contributed by atoms with E-state index in [0.29, 0.717) is 16.3 Å². The average molecular weight is 233 g/mol. The van der Waals surface area contributed by atoms with Crippen LogP contribution in [0.4, 0.5) is 0 Å². The van der Waals surface area contributed by atoms with Crippen LogP contribution in [0.3, 0.4) is 0 Å². The molecule has 1 aromatic carbocycles. The maximum Gasteiger partial charge on any atom is 0.203 e. The summed E-state index contributed by atoms with van der Waals surface area (Å²) in [4.78, 5) is 0. The number of hydrogen-bond donors (Lipinski definition) is 2. The second-order valence-corrected chi connectivity index (χ2v) is 3.30. The summed E-state index contributed by atoms with van der Waals surface area (Å²) in [6.45, 7) is -0.0945. The predicted octanol–water partition coefficient (Wildman–Crippen LogP) is 1.60. The van der Waals surface area contributed by atoms with Gasteiger partial charge in [0, 0.05) is 24.7 Å². The maximum absolute atomic E-state index is 9.81. The number of ether oxygens (including phenoxy) is 2. The first kappa shape index (κ1) is 11.9. The molecule has 0 fully saturated rings. The summed E-state index contributed by atoms with van der Waals surface area (Å²) >= 11 is 5.91. The molecule has 1 aromatic rings. The molecule has 0 saturated carbocycles. The van der Waals surface area contributed by atoms with Gasteiger partial charge >= 0.3 is 0 Å². The summed E-state index contributed by atoms with van der Waals surface area (Å²) in [5.74, 6) is 0.503. The van der Waals surface area contributed by atoms with Crippen LogP contribution in [-0.4, -0.2) is 31.0 Å². The molecule has 5 heteroatoms. The molecule has 15 heavy (non-hydrogen) atoms. The first-order valence-corrected chi connectivity index (χ1v) is 4.76. The molecule has 0 atom stereocenters. The first-order chi connectivity index (χ1) is 7.15. The smallest absolute Gasteiger partial charge is 0.203 e. The maximum atomic E-state index is 9.81. The molecule has 0 bridgehead atoms. The number of hydrogen-bond acceptors (Lipinski definition) is 4. The van der Waals surface area contributed by atoms with Gasteiger partial charge in [-0.3, -0.25) is 0 Å². The predicted molar refractivity (Wildman–Crippen MR) is 57.0 cm³/mol. The Morgan fingerprint density at radius 3 is 2.47 bits per heavy atom. The van der Waals surface area contributed by atoms with Crippen molar-refractivity contribution in [2.24, 2.45) is 0 Å². The van der Waals surface area contributed by atoms with Gasteiger partial charge in [0.2, 0.25) is 5.75 Å². The summed E-state index contributed by atoms with van der Waals surface area (Å²) in [7, 11) is 2.88. The van der Waals surface area contributed by atoms with Crippen LogP contribution in [0.15, 0.2) is 6.07 Å². The fourth-order valence-corrected chi connectivity index (χ4v) is 1.62. The van der Waals surface area contributed by atoms with Crippen molar-refractivity contribution < 1.29 is 19.7 Å². The fourth-order valence-electron chi connectivity index (χ4n) is 1.33. The van der Waals surface area contributed by atoms with Crippen molar-refractivity contribution in [1.82, 2.24) is 0 Å². The molecule has 2 N–H and O–H groups in total. The minimum absolute atomic E-state index is 0.0871. The second-order valence-electron chi connectivity index (χ2n) is 2.89. The van der Waals surface area contributed by atoms with Gasteiger partial charge in [-0.15, -0.1) is 0 Å². The Bertz CT molecular complexity index is 352. The summed E-state index contributed by atoms with van der Waals surface area (Å²) in [6, 6.07) is 1.55. The summed E-state index contributed by atoms with van der Waals surface area (Å²) in [5, 5.41) is 19.0. The quantitative estimate of drug-likeness (QED) is 0.828. The number of phenols is 1. The molecule has 0 aromatic heterocycles. The van der Waals surface area contributed by atoms with E-state index in [-0.39, 0.29) is 24.5 Å². The van der Waals surface area contributed by atoms with E-state index in [1.54, 1.807) is 6.07 Å². The number of aliphatic hydroxyl groups excluding tert-OH is 1. The third kappa shape index (κ3) is 2.27. The van der Waals surface area contributed by atoms with Crippen LogP contribution in [0.1, 0.15) is 5.56 Å². The van der Waals surface area contributed by atoms with Gasteiger partial charge < -0.3 is 19.7 Å². The van der Waals surface area contributed by atoms with Crippen molar-refractivity contribution in [2.75, 3.05) is 20.8 Å². The Hall–Kier alpha value is -1.13. The number of aromatic hydroxyl groups is 1. The number of halogens is 1. The van der Waals surface area contributed by atoms with Crippen LogP contribution in [0, 0.1) is 0 Å². The van der Waals surface area contributed by atoms with Gasteiger partial charge in [-0.05, 0) is 0 Å². The van der Waals surface area contributed by atoms with Gasteiger partial charge in [0.25, 0.3) is 0 Å². The third-order valence-electron chi connectivity index (χ3n) is 2.06. The SMILES string of the molecule is COc1cc(Cl)c(CCO)c(O)c1OC. The zero-order valence-corrected chi connectivity index (χ0v) is 9.34. The Morgan fingerprint density at radius 2 is 2.00 bits per heavy atom. The molecule has 0 aliphatic heterocycles. The van der Waals surface area contributed by atoms with Gasteiger partial charge in [-0.2, -0.15) is 0 Å². The van der Waals surface area contributed by atoms with E-state index >= 15 is 0 Å². The normalized spacial score (nSPS) is 10.1. The minimum atomic E-state index is -0.0945. The van der Waals surface area contributed by atoms with Crippen molar-refractivity contribution >= 4 is 11.6 Å². The van der Waals surface area contributed by atoms with E-state index < -0.39 is 0 Å². The van der Waals surface area contributed by atoms with E-state index in [1.165, 1.54) is 14.2 Å². The molecule has 1 rings (SSSR count). The molecular weight excluding hydrogens is 220 g/mol. The molecule has 0 spiro atoms. The van der Waals surface area contributed by atoms with Gasteiger partial charge in [0.1, 0.15) is 0 Å². The van der Waals surface area contributed by atoms with E-state index in [0.717, 1.165) is 0 Å². The highest BCUT2D eigenvalue weighted by Crippen LogP contribution is 2.43. The number of benzene rings is 1. The number of aliphatic hydroxyl groups is 1. The number of methoxy groups -OCH3 is 2. The highest BCUT2D eigenvalue weighted by Gasteiger charge is 2.17. The molecule has 0 radical (unpaired) electrons. The van der Waals surface area contributed by atoms with Crippen molar-refractivity contribution in [3.63, 3.8) is 0 Å². The Morgan fingerprint density at radius 1 is 1.33 bits per heavy atom. The first-order valence-electron chi connectivity index (χ1n) is 4.38. The molecule has 0 amide bonds. The second kappa shape index (κ2) is 5.09. The zero-order chi connectivity index (χ0) is 11.4. The van der Waals surface area contributed by atoms with Crippen molar-refractivity contribution in [1.29, 1.82) is 0 Å². The fraction of sp³-hybridized carbons (Fsp3) is 0.400. The lowest BCUT2D eigenvalue weighted by molar-refractivity contribution is 0.294. The lowest BCUT2D eigenvalue weighted by Crippen LogP contribution is -1.97. The van der Waals surface area contributed by atoms with Crippen LogP contribution in [0.5, 0.6) is 17.2 Å². The lowest BCUT2D eigenvalue weighted by Gasteiger charge is -2.13. The van der Waals surface area contributed by atoms with E-state index in [4.69, 9.17) is 26.2 Å². The molecule has 84 valence electrons. The van der Waals surface area contributed by atoms with Crippen molar-refractivity contribution in [3.05, 3.63) is 16.7 Å². The van der Waals surface area contributed by atoms with Crippen LogP contribution >= 0.6 is 11.6 Å². The monoisotopic (exact) mass is 232 g/mol. The van der Waals surface area contributed by atoms with Crippen LogP contribution in [-0.2, 0) is 6.42 Å². The summed E-state index contributed by atoms with van der Waals surface area (Å²) < 4.78 is 9.99. The molecule has 0 aliphatic carbocycles. The van der Waals surface area contributed by atoms with Crippen LogP contribution < -0.4 is 9.47 Å². The Kier molecular flexibility index (Phi) is 4.05. The number of phenolic OH excluding ortho intramolecular Hbond substituents is 1. The third-order valence-corrected chi connectivity index (χ3v) is 2.39. The van der Waals surface area contributed by atoms with E-state index in [9.17, 15) is 5.11 Å². The van der Waals surface area contributed by atoms with Crippen LogP contribution in [0.2, 0.25) is 5.02 Å². The van der Waals surface area contributed by atoms with Gasteiger partial charge in [-0.1, -0.05) is 11.6 Å². The minimum Gasteiger partial charge on any atom is -0.504 e. The van der Waals surface area contributed by atoms with Gasteiger partial charge in [0.05, 0.1) is 19.2 Å².